The fourth-order valence-corrected chi connectivity index (χ4v) is 2.28. The SMILES string of the molecule is NCc1ccc(C2C(O)CCC2O)cc1. The first kappa shape index (κ1) is 10.6. The molecule has 1 aromatic carbocycles. The van der Waals surface area contributed by atoms with Crippen LogP contribution in [0.4, 0.5) is 0 Å². The molecule has 0 spiro atoms. The number of rotatable bonds is 2. The number of nitrogens with two attached hydrogens (primary N) is 1. The summed E-state index contributed by atoms with van der Waals surface area (Å²) in [5.41, 5.74) is 7.58. The molecule has 1 fully saturated rings. The molecule has 2 unspecified atom stereocenters. The minimum atomic E-state index is -0.413. The molecule has 1 aliphatic rings. The van der Waals surface area contributed by atoms with E-state index in [2.05, 4.69) is 0 Å². The van der Waals surface area contributed by atoms with Crippen LogP contribution in [-0.4, -0.2) is 22.4 Å². The van der Waals surface area contributed by atoms with Crippen LogP contribution in [0.3, 0.4) is 0 Å². The zero-order valence-electron chi connectivity index (χ0n) is 8.63. The number of aliphatic hydroxyl groups excluding tert-OH is 2. The third-order valence-electron chi connectivity index (χ3n) is 3.19. The zero-order chi connectivity index (χ0) is 10.8. The van der Waals surface area contributed by atoms with Crippen LogP contribution in [0.5, 0.6) is 0 Å². The summed E-state index contributed by atoms with van der Waals surface area (Å²) in [6, 6.07) is 7.80. The second-order valence-corrected chi connectivity index (χ2v) is 4.18. The largest absolute Gasteiger partial charge is 0.392 e. The summed E-state index contributed by atoms with van der Waals surface area (Å²) in [7, 11) is 0. The monoisotopic (exact) mass is 207 g/mol. The van der Waals surface area contributed by atoms with Crippen LogP contribution in [0.15, 0.2) is 24.3 Å². The lowest BCUT2D eigenvalue weighted by molar-refractivity contribution is 0.108. The van der Waals surface area contributed by atoms with E-state index in [1.54, 1.807) is 0 Å². The molecule has 0 aromatic heterocycles. The highest BCUT2D eigenvalue weighted by atomic mass is 16.3. The third kappa shape index (κ3) is 2.04. The van der Waals surface area contributed by atoms with Crippen molar-refractivity contribution in [2.24, 2.45) is 5.73 Å². The number of aliphatic hydroxyl groups is 2. The van der Waals surface area contributed by atoms with Gasteiger partial charge in [0.15, 0.2) is 0 Å². The Morgan fingerprint density at radius 3 is 2.07 bits per heavy atom. The van der Waals surface area contributed by atoms with Crippen LogP contribution in [0, 0.1) is 0 Å². The first-order valence-electron chi connectivity index (χ1n) is 5.37. The van der Waals surface area contributed by atoms with Crippen LogP contribution >= 0.6 is 0 Å². The molecule has 1 saturated carbocycles. The maximum absolute atomic E-state index is 9.75. The standard InChI is InChI=1S/C12H17NO2/c13-7-8-1-3-9(4-2-8)12-10(14)5-6-11(12)15/h1-4,10-12,14-15H,5-7,13H2. The molecule has 4 N–H and O–H groups in total. The average molecular weight is 207 g/mol. The van der Waals surface area contributed by atoms with Crippen molar-refractivity contribution in [2.45, 2.75) is 37.5 Å². The van der Waals surface area contributed by atoms with E-state index in [4.69, 9.17) is 5.73 Å². The van der Waals surface area contributed by atoms with Crippen molar-refractivity contribution >= 4 is 0 Å². The molecular weight excluding hydrogens is 190 g/mol. The highest BCUT2D eigenvalue weighted by Crippen LogP contribution is 2.34. The molecule has 0 bridgehead atoms. The van der Waals surface area contributed by atoms with Gasteiger partial charge in [-0.2, -0.15) is 0 Å². The van der Waals surface area contributed by atoms with E-state index in [0.29, 0.717) is 19.4 Å². The fourth-order valence-electron chi connectivity index (χ4n) is 2.28. The molecule has 82 valence electrons. The lowest BCUT2D eigenvalue weighted by Gasteiger charge is -2.18. The van der Waals surface area contributed by atoms with Gasteiger partial charge in [0.25, 0.3) is 0 Å². The van der Waals surface area contributed by atoms with E-state index in [0.717, 1.165) is 11.1 Å². The predicted octanol–water partition coefficient (Wildman–Crippen LogP) is 0.745. The molecule has 2 rings (SSSR count). The van der Waals surface area contributed by atoms with Gasteiger partial charge in [-0.05, 0) is 24.0 Å². The topological polar surface area (TPSA) is 66.5 Å². The van der Waals surface area contributed by atoms with Crippen molar-refractivity contribution in [3.8, 4) is 0 Å². The van der Waals surface area contributed by atoms with Gasteiger partial charge in [-0.15, -0.1) is 0 Å². The Hall–Kier alpha value is -0.900. The van der Waals surface area contributed by atoms with Crippen molar-refractivity contribution in [3.63, 3.8) is 0 Å². The molecule has 2 atom stereocenters. The molecule has 0 aliphatic heterocycles. The van der Waals surface area contributed by atoms with E-state index in [1.165, 1.54) is 0 Å². The number of hydrogen-bond acceptors (Lipinski definition) is 3. The van der Waals surface area contributed by atoms with Crippen LogP contribution in [0.25, 0.3) is 0 Å². The molecular formula is C12H17NO2. The zero-order valence-corrected chi connectivity index (χ0v) is 8.63. The van der Waals surface area contributed by atoms with Gasteiger partial charge in [-0.1, -0.05) is 24.3 Å². The van der Waals surface area contributed by atoms with Crippen LogP contribution < -0.4 is 5.73 Å². The minimum Gasteiger partial charge on any atom is -0.392 e. The van der Waals surface area contributed by atoms with Gasteiger partial charge in [0, 0.05) is 12.5 Å². The first-order chi connectivity index (χ1) is 7.22. The summed E-state index contributed by atoms with van der Waals surface area (Å²) in [6.07, 6.45) is 0.544. The first-order valence-corrected chi connectivity index (χ1v) is 5.37. The molecule has 0 radical (unpaired) electrons. The van der Waals surface area contributed by atoms with Gasteiger partial charge in [0.05, 0.1) is 12.2 Å². The van der Waals surface area contributed by atoms with Crippen molar-refractivity contribution in [2.75, 3.05) is 0 Å². The summed E-state index contributed by atoms with van der Waals surface area (Å²) in [4.78, 5) is 0. The Balaban J connectivity index is 2.21. The fraction of sp³-hybridized carbons (Fsp3) is 0.500. The van der Waals surface area contributed by atoms with Crippen LogP contribution in [0.2, 0.25) is 0 Å². The smallest absolute Gasteiger partial charge is 0.0634 e. The molecule has 0 amide bonds. The van der Waals surface area contributed by atoms with E-state index in [1.807, 2.05) is 24.3 Å². The van der Waals surface area contributed by atoms with E-state index >= 15 is 0 Å². The van der Waals surface area contributed by atoms with Crippen molar-refractivity contribution in [1.29, 1.82) is 0 Å². The molecule has 0 heterocycles. The second-order valence-electron chi connectivity index (χ2n) is 4.18. The minimum absolute atomic E-state index is 0.128. The molecule has 15 heavy (non-hydrogen) atoms. The Labute approximate surface area is 89.5 Å². The highest BCUT2D eigenvalue weighted by molar-refractivity contribution is 5.28. The van der Waals surface area contributed by atoms with Gasteiger partial charge in [0.2, 0.25) is 0 Å². The normalized spacial score (nSPS) is 30.7. The Morgan fingerprint density at radius 1 is 1.07 bits per heavy atom. The summed E-state index contributed by atoms with van der Waals surface area (Å²) in [5, 5.41) is 19.5. The molecule has 3 heteroatoms. The summed E-state index contributed by atoms with van der Waals surface area (Å²) in [5.74, 6) is -0.128. The van der Waals surface area contributed by atoms with E-state index in [9.17, 15) is 10.2 Å². The van der Waals surface area contributed by atoms with Gasteiger partial charge in [0.1, 0.15) is 0 Å². The average Bonchev–Trinajstić information content (AvgIpc) is 2.59. The summed E-state index contributed by atoms with van der Waals surface area (Å²) < 4.78 is 0. The van der Waals surface area contributed by atoms with E-state index < -0.39 is 12.2 Å². The van der Waals surface area contributed by atoms with Crippen molar-refractivity contribution < 1.29 is 10.2 Å². The quantitative estimate of drug-likeness (QED) is 0.670. The molecule has 1 aromatic rings. The lowest BCUT2D eigenvalue weighted by atomic mass is 9.93. The maximum atomic E-state index is 9.75. The second kappa shape index (κ2) is 4.31. The van der Waals surface area contributed by atoms with Crippen LogP contribution in [0.1, 0.15) is 29.9 Å². The molecule has 3 nitrogen and oxygen atoms in total. The van der Waals surface area contributed by atoms with Gasteiger partial charge in [-0.3, -0.25) is 0 Å². The lowest BCUT2D eigenvalue weighted by Crippen LogP contribution is -2.20. The van der Waals surface area contributed by atoms with Gasteiger partial charge < -0.3 is 15.9 Å². The van der Waals surface area contributed by atoms with Gasteiger partial charge in [-0.25, -0.2) is 0 Å². The number of benzene rings is 1. The molecule has 0 saturated heterocycles. The van der Waals surface area contributed by atoms with E-state index in [-0.39, 0.29) is 5.92 Å². The summed E-state index contributed by atoms with van der Waals surface area (Å²) >= 11 is 0. The predicted molar refractivity (Wildman–Crippen MR) is 58.3 cm³/mol. The van der Waals surface area contributed by atoms with Crippen molar-refractivity contribution in [1.82, 2.24) is 0 Å². The Kier molecular flexibility index (Phi) is 3.05. The van der Waals surface area contributed by atoms with Gasteiger partial charge >= 0.3 is 0 Å². The third-order valence-corrected chi connectivity index (χ3v) is 3.19. The van der Waals surface area contributed by atoms with Crippen LogP contribution in [-0.2, 0) is 6.54 Å². The highest BCUT2D eigenvalue weighted by Gasteiger charge is 2.34. The van der Waals surface area contributed by atoms with Crippen molar-refractivity contribution in [3.05, 3.63) is 35.4 Å². The number of hydrogen-bond donors (Lipinski definition) is 3. The maximum Gasteiger partial charge on any atom is 0.0634 e. The summed E-state index contributed by atoms with van der Waals surface area (Å²) in [6.45, 7) is 0.524. The molecule has 1 aliphatic carbocycles. The Bertz CT molecular complexity index is 313. The Morgan fingerprint density at radius 2 is 1.60 bits per heavy atom.